The summed E-state index contributed by atoms with van der Waals surface area (Å²) in [5.41, 5.74) is 1.20. The minimum atomic E-state index is -0.0366. The van der Waals surface area contributed by atoms with E-state index in [0.29, 0.717) is 12.6 Å². The topological polar surface area (TPSA) is 44.4 Å². The van der Waals surface area contributed by atoms with Crippen molar-refractivity contribution >= 4 is 17.8 Å². The number of thioether (sulfide) groups is 1. The molecule has 0 radical (unpaired) electrons. The summed E-state index contributed by atoms with van der Waals surface area (Å²) in [6.45, 7) is 14.0. The highest BCUT2D eigenvalue weighted by Gasteiger charge is 2.22. The first-order chi connectivity index (χ1) is 9.32. The number of nitrogens with zero attached hydrogens (tertiary/aromatic N) is 1. The van der Waals surface area contributed by atoms with Gasteiger partial charge in [0.15, 0.2) is 0 Å². The van der Waals surface area contributed by atoms with Crippen LogP contribution in [0.3, 0.4) is 0 Å². The lowest BCUT2D eigenvalue weighted by molar-refractivity contribution is 0.201. The molecule has 0 aliphatic carbocycles. The Kier molecular flexibility index (Phi) is 6.89. The number of carbonyl (C=O) groups excluding carboxylic acids is 1. The lowest BCUT2D eigenvalue weighted by Gasteiger charge is -2.32. The van der Waals surface area contributed by atoms with Crippen LogP contribution in [0.4, 0.5) is 4.79 Å². The van der Waals surface area contributed by atoms with Crippen molar-refractivity contribution in [2.45, 2.75) is 44.4 Å². The van der Waals surface area contributed by atoms with Crippen LogP contribution < -0.4 is 10.6 Å². The van der Waals surface area contributed by atoms with Crippen LogP contribution in [-0.4, -0.2) is 54.2 Å². The number of hydrogen-bond donors (Lipinski definition) is 2. The second-order valence-corrected chi connectivity index (χ2v) is 7.81. The van der Waals surface area contributed by atoms with Crippen molar-refractivity contribution in [3.05, 3.63) is 12.2 Å². The molecule has 20 heavy (non-hydrogen) atoms. The standard InChI is InChI=1S/C15H29N3OS/c1-12(2)10-18-8-6-13(7-9-18)17-14(19)16-11-15(3,4)20-5/h13H,1,6-11H2,2-5H3,(H2,16,17,19). The van der Waals surface area contributed by atoms with Gasteiger partial charge in [-0.05, 0) is 39.9 Å². The summed E-state index contributed by atoms with van der Waals surface area (Å²) < 4.78 is 0.0855. The molecule has 0 spiro atoms. The van der Waals surface area contributed by atoms with Gasteiger partial charge in [0.1, 0.15) is 0 Å². The molecule has 1 saturated heterocycles. The van der Waals surface area contributed by atoms with Crippen LogP contribution in [0.1, 0.15) is 33.6 Å². The average Bonchev–Trinajstić information content (AvgIpc) is 2.38. The van der Waals surface area contributed by atoms with Crippen molar-refractivity contribution in [1.82, 2.24) is 15.5 Å². The van der Waals surface area contributed by atoms with Gasteiger partial charge in [-0.15, -0.1) is 0 Å². The number of rotatable bonds is 6. The van der Waals surface area contributed by atoms with Gasteiger partial charge < -0.3 is 10.6 Å². The van der Waals surface area contributed by atoms with Crippen molar-refractivity contribution in [3.8, 4) is 0 Å². The van der Waals surface area contributed by atoms with E-state index in [2.05, 4.69) is 49.1 Å². The molecule has 0 aromatic heterocycles. The van der Waals surface area contributed by atoms with Crippen molar-refractivity contribution in [2.75, 3.05) is 32.4 Å². The molecule has 1 aliphatic rings. The Hall–Kier alpha value is -0.680. The number of urea groups is 1. The van der Waals surface area contributed by atoms with Crippen LogP contribution in [0.2, 0.25) is 0 Å². The summed E-state index contributed by atoms with van der Waals surface area (Å²) in [6, 6.07) is 0.263. The van der Waals surface area contributed by atoms with E-state index < -0.39 is 0 Å². The fourth-order valence-corrected chi connectivity index (χ4v) is 2.44. The van der Waals surface area contributed by atoms with Crippen LogP contribution in [0.15, 0.2) is 12.2 Å². The van der Waals surface area contributed by atoms with Gasteiger partial charge in [0.2, 0.25) is 0 Å². The summed E-state index contributed by atoms with van der Waals surface area (Å²) in [5.74, 6) is 0. The second-order valence-electron chi connectivity index (χ2n) is 6.30. The Morgan fingerprint density at radius 2 is 2.00 bits per heavy atom. The van der Waals surface area contributed by atoms with Gasteiger partial charge in [-0.25, -0.2) is 4.79 Å². The minimum Gasteiger partial charge on any atom is -0.337 e. The van der Waals surface area contributed by atoms with Crippen LogP contribution in [0.25, 0.3) is 0 Å². The van der Waals surface area contributed by atoms with Gasteiger partial charge in [0, 0.05) is 37.0 Å². The largest absolute Gasteiger partial charge is 0.337 e. The highest BCUT2D eigenvalue weighted by molar-refractivity contribution is 7.99. The first-order valence-electron chi connectivity index (χ1n) is 7.28. The van der Waals surface area contributed by atoms with Gasteiger partial charge in [-0.3, -0.25) is 4.90 Å². The molecule has 0 aromatic rings. The molecule has 1 rings (SSSR count). The maximum Gasteiger partial charge on any atom is 0.315 e. The van der Waals surface area contributed by atoms with Crippen LogP contribution in [0.5, 0.6) is 0 Å². The number of piperidine rings is 1. The molecule has 0 unspecified atom stereocenters. The lowest BCUT2D eigenvalue weighted by atomic mass is 10.0. The molecule has 4 nitrogen and oxygen atoms in total. The molecular formula is C15H29N3OS. The van der Waals surface area contributed by atoms with E-state index in [4.69, 9.17) is 0 Å². The Labute approximate surface area is 127 Å². The maximum atomic E-state index is 11.9. The first-order valence-corrected chi connectivity index (χ1v) is 8.51. The van der Waals surface area contributed by atoms with Gasteiger partial charge in [-0.1, -0.05) is 12.2 Å². The highest BCUT2D eigenvalue weighted by atomic mass is 32.2. The van der Waals surface area contributed by atoms with E-state index in [1.165, 1.54) is 5.57 Å². The van der Waals surface area contributed by atoms with E-state index >= 15 is 0 Å². The molecule has 116 valence electrons. The monoisotopic (exact) mass is 299 g/mol. The molecule has 1 heterocycles. The van der Waals surface area contributed by atoms with Gasteiger partial charge in [0.05, 0.1) is 0 Å². The van der Waals surface area contributed by atoms with Crippen LogP contribution in [0, 0.1) is 0 Å². The number of nitrogens with one attached hydrogen (secondary N) is 2. The number of carbonyl (C=O) groups is 1. The number of amides is 2. The van der Waals surface area contributed by atoms with Crippen LogP contribution in [-0.2, 0) is 0 Å². The number of likely N-dealkylation sites (tertiary alicyclic amines) is 1. The van der Waals surface area contributed by atoms with E-state index in [1.54, 1.807) is 11.8 Å². The molecular weight excluding hydrogens is 270 g/mol. The SMILES string of the molecule is C=C(C)CN1CCC(NC(=O)NCC(C)(C)SC)CC1. The highest BCUT2D eigenvalue weighted by Crippen LogP contribution is 2.19. The Morgan fingerprint density at radius 3 is 2.50 bits per heavy atom. The Morgan fingerprint density at radius 1 is 1.40 bits per heavy atom. The molecule has 1 fully saturated rings. The number of hydrogen-bond acceptors (Lipinski definition) is 3. The predicted octanol–water partition coefficient (Wildman–Crippen LogP) is 2.47. The van der Waals surface area contributed by atoms with Crippen molar-refractivity contribution in [2.24, 2.45) is 0 Å². The smallest absolute Gasteiger partial charge is 0.315 e. The third-order valence-corrected chi connectivity index (χ3v) is 4.89. The first kappa shape index (κ1) is 17.4. The lowest BCUT2D eigenvalue weighted by Crippen LogP contribution is -2.49. The molecule has 1 aliphatic heterocycles. The second kappa shape index (κ2) is 7.93. The van der Waals surface area contributed by atoms with Crippen molar-refractivity contribution < 1.29 is 4.79 Å². The zero-order chi connectivity index (χ0) is 15.2. The van der Waals surface area contributed by atoms with Gasteiger partial charge in [0.25, 0.3) is 0 Å². The van der Waals surface area contributed by atoms with E-state index in [9.17, 15) is 4.79 Å². The normalized spacial score (nSPS) is 17.8. The molecule has 5 heteroatoms. The zero-order valence-corrected chi connectivity index (χ0v) is 14.1. The fourth-order valence-electron chi connectivity index (χ4n) is 2.22. The summed E-state index contributed by atoms with van der Waals surface area (Å²) >= 11 is 1.76. The summed E-state index contributed by atoms with van der Waals surface area (Å²) in [6.07, 6.45) is 4.11. The third kappa shape index (κ3) is 6.66. The van der Waals surface area contributed by atoms with Crippen molar-refractivity contribution in [1.29, 1.82) is 0 Å². The molecule has 0 bridgehead atoms. The fraction of sp³-hybridized carbons (Fsp3) is 0.800. The van der Waals surface area contributed by atoms with Crippen molar-refractivity contribution in [3.63, 3.8) is 0 Å². The maximum absolute atomic E-state index is 11.9. The molecule has 0 aromatic carbocycles. The Balaban J connectivity index is 2.23. The van der Waals surface area contributed by atoms with Gasteiger partial charge >= 0.3 is 6.03 Å². The minimum absolute atomic E-state index is 0.0366. The third-order valence-electron chi connectivity index (χ3n) is 3.64. The predicted molar refractivity (Wildman–Crippen MR) is 88.4 cm³/mol. The average molecular weight is 299 g/mol. The van der Waals surface area contributed by atoms with Gasteiger partial charge in [-0.2, -0.15) is 11.8 Å². The molecule has 2 N–H and O–H groups in total. The van der Waals surface area contributed by atoms with Crippen LogP contribution >= 0.6 is 11.8 Å². The molecule has 0 saturated carbocycles. The molecule has 2 amide bonds. The Bertz CT molecular complexity index is 336. The summed E-state index contributed by atoms with van der Waals surface area (Å²) in [7, 11) is 0. The van der Waals surface area contributed by atoms with E-state index in [-0.39, 0.29) is 10.8 Å². The summed E-state index contributed by atoms with van der Waals surface area (Å²) in [5, 5.41) is 6.05. The molecule has 0 atom stereocenters. The van der Waals surface area contributed by atoms with E-state index in [1.807, 2.05) is 0 Å². The van der Waals surface area contributed by atoms with E-state index in [0.717, 1.165) is 32.5 Å². The quantitative estimate of drug-likeness (QED) is 0.741. The zero-order valence-electron chi connectivity index (χ0n) is 13.3. The summed E-state index contributed by atoms with van der Waals surface area (Å²) in [4.78, 5) is 14.3.